The molecule has 27 heavy (non-hydrogen) atoms. The van der Waals surface area contributed by atoms with Crippen molar-refractivity contribution < 1.29 is 9.53 Å². The van der Waals surface area contributed by atoms with Crippen LogP contribution in [-0.2, 0) is 10.3 Å². The molecule has 0 aliphatic carbocycles. The lowest BCUT2D eigenvalue weighted by Crippen LogP contribution is -2.37. The third-order valence-corrected chi connectivity index (χ3v) is 4.66. The molecule has 2 heterocycles. The summed E-state index contributed by atoms with van der Waals surface area (Å²) in [5, 5.41) is 9.56. The number of carbonyl (C=O) groups is 1. The molecule has 8 nitrogen and oxygen atoms in total. The van der Waals surface area contributed by atoms with E-state index in [-0.39, 0.29) is 0 Å². The first kappa shape index (κ1) is 17.0. The van der Waals surface area contributed by atoms with Crippen molar-refractivity contribution in [2.24, 2.45) is 0 Å². The van der Waals surface area contributed by atoms with Gasteiger partial charge in [-0.15, -0.1) is 0 Å². The van der Waals surface area contributed by atoms with Gasteiger partial charge in [-0.3, -0.25) is 10.4 Å². The first-order valence-corrected chi connectivity index (χ1v) is 8.68. The zero-order valence-corrected chi connectivity index (χ0v) is 15.0. The molecular weight excluding hydrogens is 344 g/mol. The molecule has 4 rings (SSSR count). The minimum Gasteiger partial charge on any atom is -0.450 e. The fourth-order valence-electron chi connectivity index (χ4n) is 3.24. The Morgan fingerprint density at radius 2 is 2.15 bits per heavy atom. The fraction of sp³-hybridized carbons (Fsp3) is 0.211. The Morgan fingerprint density at radius 3 is 2.93 bits per heavy atom. The van der Waals surface area contributed by atoms with Crippen LogP contribution in [0, 0.1) is 0 Å². The molecule has 1 aliphatic rings. The minimum absolute atomic E-state index is 0.326. The van der Waals surface area contributed by atoms with Crippen LogP contribution in [0.4, 0.5) is 16.2 Å². The molecule has 0 spiro atoms. The van der Waals surface area contributed by atoms with Crippen molar-refractivity contribution in [2.75, 3.05) is 17.3 Å². The third kappa shape index (κ3) is 3.11. The second-order valence-corrected chi connectivity index (χ2v) is 6.40. The zero-order valence-electron chi connectivity index (χ0n) is 15.0. The number of H-pyrrole nitrogens is 1. The van der Waals surface area contributed by atoms with Crippen LogP contribution in [0.1, 0.15) is 25.0 Å². The summed E-state index contributed by atoms with van der Waals surface area (Å²) in [5.74, 6) is 0.713. The second kappa shape index (κ2) is 6.73. The number of fused-ring (bicyclic) bond motifs is 1. The number of aromatic amines is 1. The maximum atomic E-state index is 11.7. The number of hydrogen-bond acceptors (Lipinski definition) is 6. The van der Waals surface area contributed by atoms with Gasteiger partial charge >= 0.3 is 6.09 Å². The molecule has 2 aromatic carbocycles. The molecule has 0 fully saturated rings. The Kier molecular flexibility index (Phi) is 4.25. The molecule has 1 unspecified atom stereocenters. The number of nitrogens with one attached hydrogen (secondary N) is 4. The van der Waals surface area contributed by atoms with E-state index in [4.69, 9.17) is 4.74 Å². The third-order valence-electron chi connectivity index (χ3n) is 4.66. The molecule has 1 amide bonds. The lowest BCUT2D eigenvalue weighted by atomic mass is 9.84. The maximum Gasteiger partial charge on any atom is 0.411 e. The van der Waals surface area contributed by atoms with Crippen LogP contribution in [0.3, 0.4) is 0 Å². The number of rotatable bonds is 4. The van der Waals surface area contributed by atoms with Crippen LogP contribution < -0.4 is 16.2 Å². The van der Waals surface area contributed by atoms with E-state index in [1.807, 2.05) is 36.4 Å². The van der Waals surface area contributed by atoms with Gasteiger partial charge in [-0.1, -0.05) is 12.1 Å². The number of hydrogen-bond donors (Lipinski definition) is 4. The van der Waals surface area contributed by atoms with Crippen molar-refractivity contribution >= 4 is 17.5 Å². The molecule has 8 heteroatoms. The predicted molar refractivity (Wildman–Crippen MR) is 102 cm³/mol. The molecule has 1 atom stereocenters. The Balaban J connectivity index is 1.70. The van der Waals surface area contributed by atoms with E-state index in [1.165, 1.54) is 6.33 Å². The van der Waals surface area contributed by atoms with Gasteiger partial charge in [0, 0.05) is 16.8 Å². The SMILES string of the molecule is CCOC(=O)Nc1cccc(C2(C)NNc3ccc(-c4ncn[nH]4)cc32)c1. The first-order chi connectivity index (χ1) is 13.1. The van der Waals surface area contributed by atoms with E-state index in [2.05, 4.69) is 44.3 Å². The van der Waals surface area contributed by atoms with Crippen molar-refractivity contribution in [3.8, 4) is 11.4 Å². The molecule has 3 aromatic rings. The molecule has 0 radical (unpaired) electrons. The molecule has 4 N–H and O–H groups in total. The van der Waals surface area contributed by atoms with Gasteiger partial charge in [0.1, 0.15) is 6.33 Å². The van der Waals surface area contributed by atoms with Crippen molar-refractivity contribution in [1.29, 1.82) is 0 Å². The van der Waals surface area contributed by atoms with Crippen molar-refractivity contribution in [1.82, 2.24) is 20.6 Å². The highest BCUT2D eigenvalue weighted by atomic mass is 16.5. The van der Waals surface area contributed by atoms with Gasteiger partial charge in [-0.25, -0.2) is 15.2 Å². The number of hydrazine groups is 1. The summed E-state index contributed by atoms with van der Waals surface area (Å²) in [5.41, 5.74) is 10.8. The van der Waals surface area contributed by atoms with Gasteiger partial charge in [0.2, 0.25) is 0 Å². The average Bonchev–Trinajstić information content (AvgIpc) is 3.31. The molecule has 1 aromatic heterocycles. The quantitative estimate of drug-likeness (QED) is 0.567. The minimum atomic E-state index is -0.488. The highest BCUT2D eigenvalue weighted by molar-refractivity contribution is 5.84. The van der Waals surface area contributed by atoms with E-state index in [0.29, 0.717) is 18.1 Å². The van der Waals surface area contributed by atoms with Gasteiger partial charge in [0.05, 0.1) is 17.8 Å². The molecule has 0 bridgehead atoms. The number of benzene rings is 2. The van der Waals surface area contributed by atoms with Crippen LogP contribution in [-0.4, -0.2) is 27.9 Å². The zero-order chi connectivity index (χ0) is 18.9. The van der Waals surface area contributed by atoms with Crippen molar-refractivity contribution in [2.45, 2.75) is 19.4 Å². The van der Waals surface area contributed by atoms with E-state index in [9.17, 15) is 4.79 Å². The molecule has 0 saturated heterocycles. The summed E-state index contributed by atoms with van der Waals surface area (Å²) in [6.45, 7) is 4.18. The Morgan fingerprint density at radius 1 is 1.26 bits per heavy atom. The smallest absolute Gasteiger partial charge is 0.411 e. The standard InChI is InChI=1S/C19H20N6O2/c1-3-27-18(26)22-14-6-4-5-13(10-14)19(2)15-9-12(17-20-11-21-24-17)7-8-16(15)23-25-19/h4-11,23,25H,3H2,1-2H3,(H,22,26)(H,20,21,24). The van der Waals surface area contributed by atoms with Gasteiger partial charge < -0.3 is 10.2 Å². The second-order valence-electron chi connectivity index (χ2n) is 6.40. The molecular formula is C19H20N6O2. The summed E-state index contributed by atoms with van der Waals surface area (Å²) in [7, 11) is 0. The average molecular weight is 364 g/mol. The van der Waals surface area contributed by atoms with Crippen molar-refractivity contribution in [3.05, 3.63) is 59.9 Å². The normalized spacial score (nSPS) is 17.9. The Hall–Kier alpha value is -3.39. The van der Waals surface area contributed by atoms with Crippen molar-refractivity contribution in [3.63, 3.8) is 0 Å². The topological polar surface area (TPSA) is 104 Å². The number of anilines is 2. The van der Waals surface area contributed by atoms with Crippen LogP contribution in [0.15, 0.2) is 48.8 Å². The van der Waals surface area contributed by atoms with Gasteiger partial charge in [-0.05, 0) is 49.7 Å². The number of carbonyl (C=O) groups excluding carboxylic acids is 1. The highest BCUT2D eigenvalue weighted by Gasteiger charge is 2.36. The van der Waals surface area contributed by atoms with Crippen LogP contribution in [0.25, 0.3) is 11.4 Å². The number of aromatic nitrogens is 3. The number of nitrogens with zero attached hydrogens (tertiary/aromatic N) is 2. The van der Waals surface area contributed by atoms with E-state index in [0.717, 1.165) is 22.4 Å². The largest absolute Gasteiger partial charge is 0.450 e. The number of amides is 1. The van der Waals surface area contributed by atoms with E-state index in [1.54, 1.807) is 6.92 Å². The predicted octanol–water partition coefficient (Wildman–Crippen LogP) is 3.23. The lowest BCUT2D eigenvalue weighted by molar-refractivity contribution is 0.168. The first-order valence-electron chi connectivity index (χ1n) is 8.68. The van der Waals surface area contributed by atoms with Gasteiger partial charge in [-0.2, -0.15) is 5.10 Å². The Bertz CT molecular complexity index is 972. The Labute approximate surface area is 156 Å². The van der Waals surface area contributed by atoms with Crippen LogP contribution >= 0.6 is 0 Å². The molecule has 138 valence electrons. The van der Waals surface area contributed by atoms with Gasteiger partial charge in [0.15, 0.2) is 5.82 Å². The molecule has 0 saturated carbocycles. The lowest BCUT2D eigenvalue weighted by Gasteiger charge is -2.26. The highest BCUT2D eigenvalue weighted by Crippen LogP contribution is 2.40. The monoisotopic (exact) mass is 364 g/mol. The number of ether oxygens (including phenoxy) is 1. The van der Waals surface area contributed by atoms with E-state index < -0.39 is 11.6 Å². The van der Waals surface area contributed by atoms with E-state index >= 15 is 0 Å². The maximum absolute atomic E-state index is 11.7. The fourth-order valence-corrected chi connectivity index (χ4v) is 3.24. The summed E-state index contributed by atoms with van der Waals surface area (Å²) in [4.78, 5) is 15.9. The van der Waals surface area contributed by atoms with Gasteiger partial charge in [0.25, 0.3) is 0 Å². The van der Waals surface area contributed by atoms with Crippen LogP contribution in [0.5, 0.6) is 0 Å². The summed E-state index contributed by atoms with van der Waals surface area (Å²) in [6, 6.07) is 13.8. The molecule has 1 aliphatic heterocycles. The van der Waals surface area contributed by atoms with Crippen LogP contribution in [0.2, 0.25) is 0 Å². The summed E-state index contributed by atoms with van der Waals surface area (Å²) < 4.78 is 4.96. The summed E-state index contributed by atoms with van der Waals surface area (Å²) >= 11 is 0. The summed E-state index contributed by atoms with van der Waals surface area (Å²) in [6.07, 6.45) is 1.02.